The first kappa shape index (κ1) is 18.4. The van der Waals surface area contributed by atoms with Crippen LogP contribution in [-0.2, 0) is 4.79 Å². The Morgan fingerprint density at radius 2 is 2.04 bits per heavy atom. The van der Waals surface area contributed by atoms with Gasteiger partial charge in [-0.15, -0.1) is 0 Å². The van der Waals surface area contributed by atoms with E-state index in [0.717, 1.165) is 25.1 Å². The van der Waals surface area contributed by atoms with Crippen molar-refractivity contribution in [3.63, 3.8) is 0 Å². The number of hydrogen-bond acceptors (Lipinski definition) is 3. The fraction of sp³-hybridized carbons (Fsp3) is 0.529. The number of rotatable bonds is 8. The largest absolute Gasteiger partial charge is 0.489 e. The topological polar surface area (TPSA) is 74.8 Å². The number of halogens is 1. The Kier molecular flexibility index (Phi) is 7.18. The van der Waals surface area contributed by atoms with Gasteiger partial charge in [-0.3, -0.25) is 4.79 Å². The van der Waals surface area contributed by atoms with E-state index in [1.807, 2.05) is 26.0 Å². The molecule has 1 aromatic carbocycles. The van der Waals surface area contributed by atoms with Crippen LogP contribution < -0.4 is 20.7 Å². The summed E-state index contributed by atoms with van der Waals surface area (Å²) < 4.78 is 5.80. The molecule has 0 heterocycles. The molecule has 7 heteroatoms. The lowest BCUT2D eigenvalue weighted by Crippen LogP contribution is -2.42. The summed E-state index contributed by atoms with van der Waals surface area (Å²) in [7, 11) is 0. The van der Waals surface area contributed by atoms with E-state index >= 15 is 0 Å². The standard InChI is InChI=1S/C17H25ClN4O2/c1-3-19-17(21-11-16(23)22-14-6-7-14)20-10-12(2)24-15-8-4-13(18)5-9-15/h4-5,8-9,12,14H,3,6-7,10-11H2,1-2H3,(H,22,23)(H2,19,20,21). The number of nitrogens with one attached hydrogen (secondary N) is 3. The highest BCUT2D eigenvalue weighted by atomic mass is 35.5. The second-order valence-corrected chi connectivity index (χ2v) is 6.24. The molecule has 1 fully saturated rings. The maximum absolute atomic E-state index is 11.7. The Morgan fingerprint density at radius 3 is 2.67 bits per heavy atom. The molecule has 6 nitrogen and oxygen atoms in total. The van der Waals surface area contributed by atoms with Gasteiger partial charge in [0.1, 0.15) is 18.4 Å². The van der Waals surface area contributed by atoms with Gasteiger partial charge in [0.25, 0.3) is 0 Å². The summed E-state index contributed by atoms with van der Waals surface area (Å²) >= 11 is 5.86. The van der Waals surface area contributed by atoms with Gasteiger partial charge < -0.3 is 20.7 Å². The molecule has 132 valence electrons. The first-order valence-electron chi connectivity index (χ1n) is 8.30. The number of amides is 1. The minimum Gasteiger partial charge on any atom is -0.489 e. The molecule has 1 amide bonds. The molecule has 0 radical (unpaired) electrons. The third-order valence-corrected chi connectivity index (χ3v) is 3.63. The monoisotopic (exact) mass is 352 g/mol. The van der Waals surface area contributed by atoms with Crippen LogP contribution in [-0.4, -0.2) is 43.6 Å². The first-order chi connectivity index (χ1) is 11.6. The van der Waals surface area contributed by atoms with E-state index in [0.29, 0.717) is 23.6 Å². The zero-order valence-corrected chi connectivity index (χ0v) is 14.9. The third kappa shape index (κ3) is 7.08. The first-order valence-corrected chi connectivity index (χ1v) is 8.68. The van der Waals surface area contributed by atoms with Crippen LogP contribution in [0.4, 0.5) is 0 Å². The van der Waals surface area contributed by atoms with Gasteiger partial charge in [-0.2, -0.15) is 0 Å². The number of carbonyl (C=O) groups excluding carboxylic acids is 1. The van der Waals surface area contributed by atoms with Gasteiger partial charge in [-0.1, -0.05) is 11.6 Å². The average Bonchev–Trinajstić information content (AvgIpc) is 3.36. The van der Waals surface area contributed by atoms with Crippen LogP contribution in [0.15, 0.2) is 29.3 Å². The molecule has 2 rings (SSSR count). The lowest BCUT2D eigenvalue weighted by atomic mass is 10.3. The van der Waals surface area contributed by atoms with E-state index in [1.54, 1.807) is 12.1 Å². The molecular weight excluding hydrogens is 328 g/mol. The van der Waals surface area contributed by atoms with Crippen molar-refractivity contribution in [2.45, 2.75) is 38.8 Å². The van der Waals surface area contributed by atoms with Crippen LogP contribution in [0.2, 0.25) is 5.02 Å². The quantitative estimate of drug-likeness (QED) is 0.494. The number of nitrogens with zero attached hydrogens (tertiary/aromatic N) is 1. The Bertz CT molecular complexity index is 558. The van der Waals surface area contributed by atoms with Crippen molar-refractivity contribution in [1.82, 2.24) is 16.0 Å². The Balaban J connectivity index is 1.76. The van der Waals surface area contributed by atoms with Crippen molar-refractivity contribution in [2.75, 3.05) is 19.6 Å². The lowest BCUT2D eigenvalue weighted by Gasteiger charge is -2.17. The van der Waals surface area contributed by atoms with E-state index in [-0.39, 0.29) is 18.6 Å². The normalized spacial score (nSPS) is 15.5. The molecule has 1 aliphatic rings. The van der Waals surface area contributed by atoms with E-state index in [4.69, 9.17) is 16.3 Å². The van der Waals surface area contributed by atoms with Crippen LogP contribution in [0, 0.1) is 0 Å². The smallest absolute Gasteiger partial charge is 0.242 e. The van der Waals surface area contributed by atoms with Crippen molar-refractivity contribution in [3.8, 4) is 5.75 Å². The minimum atomic E-state index is -0.0599. The molecule has 0 aliphatic heterocycles. The van der Waals surface area contributed by atoms with Gasteiger partial charge >= 0.3 is 0 Å². The minimum absolute atomic E-state index is 0.0415. The molecule has 0 saturated heterocycles. The zero-order valence-electron chi connectivity index (χ0n) is 14.1. The van der Waals surface area contributed by atoms with Crippen LogP contribution in [0.5, 0.6) is 5.75 Å². The number of carbonyl (C=O) groups is 1. The van der Waals surface area contributed by atoms with Crippen LogP contribution in [0.3, 0.4) is 0 Å². The summed E-state index contributed by atoms with van der Waals surface area (Å²) in [5.41, 5.74) is 0. The SMILES string of the molecule is CCNC(=NCC(=O)NC1CC1)NCC(C)Oc1ccc(Cl)cc1. The van der Waals surface area contributed by atoms with Crippen molar-refractivity contribution in [2.24, 2.45) is 4.99 Å². The molecule has 1 aromatic rings. The summed E-state index contributed by atoms with van der Waals surface area (Å²) in [4.78, 5) is 16.0. The molecule has 1 unspecified atom stereocenters. The van der Waals surface area contributed by atoms with Crippen LogP contribution in [0.1, 0.15) is 26.7 Å². The van der Waals surface area contributed by atoms with Crippen molar-refractivity contribution in [1.29, 1.82) is 0 Å². The van der Waals surface area contributed by atoms with E-state index in [1.165, 1.54) is 0 Å². The predicted octanol–water partition coefficient (Wildman–Crippen LogP) is 1.94. The molecule has 1 saturated carbocycles. The van der Waals surface area contributed by atoms with E-state index in [9.17, 15) is 4.79 Å². The summed E-state index contributed by atoms with van der Waals surface area (Å²) in [5, 5.41) is 9.90. The van der Waals surface area contributed by atoms with Crippen LogP contribution >= 0.6 is 11.6 Å². The second-order valence-electron chi connectivity index (χ2n) is 5.80. The molecule has 1 aliphatic carbocycles. The molecule has 0 bridgehead atoms. The van der Waals surface area contributed by atoms with Gasteiger partial charge in [-0.25, -0.2) is 4.99 Å². The molecule has 24 heavy (non-hydrogen) atoms. The number of hydrogen-bond donors (Lipinski definition) is 3. The highest BCUT2D eigenvalue weighted by molar-refractivity contribution is 6.30. The van der Waals surface area contributed by atoms with E-state index < -0.39 is 0 Å². The molecule has 1 atom stereocenters. The fourth-order valence-electron chi connectivity index (χ4n) is 2.02. The second kappa shape index (κ2) is 9.37. The Labute approximate surface area is 148 Å². The number of guanidine groups is 1. The highest BCUT2D eigenvalue weighted by Gasteiger charge is 2.22. The maximum atomic E-state index is 11.7. The van der Waals surface area contributed by atoms with E-state index in [2.05, 4.69) is 20.9 Å². The summed E-state index contributed by atoms with van der Waals surface area (Å²) in [5.74, 6) is 1.33. The van der Waals surface area contributed by atoms with Crippen molar-refractivity contribution < 1.29 is 9.53 Å². The Morgan fingerprint density at radius 1 is 1.33 bits per heavy atom. The fourth-order valence-corrected chi connectivity index (χ4v) is 2.15. The highest BCUT2D eigenvalue weighted by Crippen LogP contribution is 2.18. The average molecular weight is 353 g/mol. The van der Waals surface area contributed by atoms with Gasteiger partial charge in [0.2, 0.25) is 5.91 Å². The molecular formula is C17H25ClN4O2. The summed E-state index contributed by atoms with van der Waals surface area (Å²) in [6.45, 7) is 5.36. The maximum Gasteiger partial charge on any atom is 0.242 e. The molecule has 0 aromatic heterocycles. The molecule has 3 N–H and O–H groups in total. The lowest BCUT2D eigenvalue weighted by molar-refractivity contribution is -0.119. The van der Waals surface area contributed by atoms with Gasteiger partial charge in [0.05, 0.1) is 6.54 Å². The van der Waals surface area contributed by atoms with Crippen LogP contribution in [0.25, 0.3) is 0 Å². The van der Waals surface area contributed by atoms with Crippen molar-refractivity contribution >= 4 is 23.5 Å². The number of benzene rings is 1. The molecule has 0 spiro atoms. The van der Waals surface area contributed by atoms with Gasteiger partial charge in [0.15, 0.2) is 5.96 Å². The summed E-state index contributed by atoms with van der Waals surface area (Å²) in [6.07, 6.45) is 2.09. The summed E-state index contributed by atoms with van der Waals surface area (Å²) in [6, 6.07) is 7.61. The number of ether oxygens (including phenoxy) is 1. The van der Waals surface area contributed by atoms with Crippen molar-refractivity contribution in [3.05, 3.63) is 29.3 Å². The third-order valence-electron chi connectivity index (χ3n) is 3.38. The predicted molar refractivity (Wildman–Crippen MR) is 96.7 cm³/mol. The zero-order chi connectivity index (χ0) is 17.4. The Hall–Kier alpha value is -1.95. The van der Waals surface area contributed by atoms with Gasteiger partial charge in [0, 0.05) is 17.6 Å². The number of aliphatic imine (C=N–C) groups is 1. The van der Waals surface area contributed by atoms with Gasteiger partial charge in [-0.05, 0) is 51.0 Å².